The highest BCUT2D eigenvalue weighted by Gasteiger charge is 2.22. The molecule has 1 heterocycles. The van der Waals surface area contributed by atoms with E-state index in [0.717, 1.165) is 19.4 Å². The zero-order chi connectivity index (χ0) is 15.9. The van der Waals surface area contributed by atoms with Crippen molar-refractivity contribution in [2.75, 3.05) is 19.6 Å². The maximum Gasteiger partial charge on any atom is 0.242 e. The Bertz CT molecular complexity index is 421. The molecule has 0 radical (unpaired) electrons. The minimum atomic E-state index is -0.523. The topological polar surface area (TPSA) is 78.5 Å². The minimum absolute atomic E-state index is 0.130. The first kappa shape index (κ1) is 16.8. The predicted octanol–water partition coefficient (Wildman–Crippen LogP) is 0.810. The van der Waals surface area contributed by atoms with Gasteiger partial charge < -0.3 is 15.5 Å². The number of hydrogen-bond acceptors (Lipinski definition) is 3. The van der Waals surface area contributed by atoms with Gasteiger partial charge in [-0.2, -0.15) is 0 Å². The third-order valence-electron chi connectivity index (χ3n) is 4.59. The van der Waals surface area contributed by atoms with E-state index in [1.807, 2.05) is 0 Å². The van der Waals surface area contributed by atoms with Gasteiger partial charge in [-0.3, -0.25) is 14.4 Å². The van der Waals surface area contributed by atoms with Crippen molar-refractivity contribution in [1.29, 1.82) is 0 Å². The molecule has 1 aliphatic carbocycles. The van der Waals surface area contributed by atoms with Crippen LogP contribution in [0.4, 0.5) is 0 Å². The first-order valence-corrected chi connectivity index (χ1v) is 8.41. The molecule has 0 unspecified atom stereocenters. The molecule has 124 valence electrons. The number of nitrogens with one attached hydrogen (secondary N) is 2. The van der Waals surface area contributed by atoms with E-state index in [1.165, 1.54) is 19.3 Å². The summed E-state index contributed by atoms with van der Waals surface area (Å²) in [7, 11) is 0. The minimum Gasteiger partial charge on any atom is -0.354 e. The molecular formula is C16H27N3O3. The van der Waals surface area contributed by atoms with Crippen LogP contribution in [0.2, 0.25) is 0 Å². The second kappa shape index (κ2) is 8.15. The first-order chi connectivity index (χ1) is 10.6. The number of hydrogen-bond donors (Lipinski definition) is 2. The van der Waals surface area contributed by atoms with Crippen LogP contribution < -0.4 is 10.6 Å². The van der Waals surface area contributed by atoms with E-state index < -0.39 is 6.04 Å². The molecule has 1 saturated heterocycles. The van der Waals surface area contributed by atoms with Gasteiger partial charge in [-0.1, -0.05) is 6.42 Å². The summed E-state index contributed by atoms with van der Waals surface area (Å²) in [5, 5.41) is 5.59. The Hall–Kier alpha value is -1.59. The normalized spacial score (nSPS) is 20.2. The average molecular weight is 309 g/mol. The Morgan fingerprint density at radius 1 is 1.27 bits per heavy atom. The van der Waals surface area contributed by atoms with Gasteiger partial charge in [0.25, 0.3) is 0 Å². The maximum absolute atomic E-state index is 11.9. The highest BCUT2D eigenvalue weighted by Crippen LogP contribution is 2.25. The Balaban J connectivity index is 1.62. The third-order valence-corrected chi connectivity index (χ3v) is 4.59. The molecule has 1 atom stereocenters. The van der Waals surface area contributed by atoms with Crippen LogP contribution in [0, 0.1) is 5.92 Å². The van der Waals surface area contributed by atoms with Gasteiger partial charge in [-0.05, 0) is 38.5 Å². The predicted molar refractivity (Wildman–Crippen MR) is 83.0 cm³/mol. The molecule has 1 aliphatic heterocycles. The molecule has 3 amide bonds. The van der Waals surface area contributed by atoms with Crippen LogP contribution in [0.15, 0.2) is 0 Å². The van der Waals surface area contributed by atoms with Crippen molar-refractivity contribution >= 4 is 17.7 Å². The zero-order valence-corrected chi connectivity index (χ0v) is 13.4. The molecule has 0 spiro atoms. The van der Waals surface area contributed by atoms with E-state index in [-0.39, 0.29) is 24.1 Å². The highest BCUT2D eigenvalue weighted by molar-refractivity contribution is 5.87. The smallest absolute Gasteiger partial charge is 0.242 e. The van der Waals surface area contributed by atoms with Crippen molar-refractivity contribution in [3.8, 4) is 0 Å². The van der Waals surface area contributed by atoms with Crippen LogP contribution in [-0.2, 0) is 14.4 Å². The standard InChI is InChI=1S/C16H27N3O3/c1-12(16(22)17-11-13-5-4-6-13)18-14(20)8-10-19-9-3-2-7-15(19)21/h12-13H,2-11H2,1H3,(H,17,22)(H,18,20)/t12-/m0/s1. The Morgan fingerprint density at radius 2 is 2.05 bits per heavy atom. The van der Waals surface area contributed by atoms with Crippen LogP contribution in [0.1, 0.15) is 51.9 Å². The number of piperidine rings is 1. The monoisotopic (exact) mass is 309 g/mol. The lowest BCUT2D eigenvalue weighted by Gasteiger charge is -2.27. The quantitative estimate of drug-likeness (QED) is 0.730. The Labute approximate surface area is 132 Å². The van der Waals surface area contributed by atoms with Crippen LogP contribution >= 0.6 is 0 Å². The van der Waals surface area contributed by atoms with Crippen LogP contribution in [-0.4, -0.2) is 48.3 Å². The summed E-state index contributed by atoms with van der Waals surface area (Å²) in [6.07, 6.45) is 6.42. The van der Waals surface area contributed by atoms with E-state index in [9.17, 15) is 14.4 Å². The van der Waals surface area contributed by atoms with Gasteiger partial charge in [-0.25, -0.2) is 0 Å². The van der Waals surface area contributed by atoms with Gasteiger partial charge in [-0.15, -0.1) is 0 Å². The van der Waals surface area contributed by atoms with Crippen molar-refractivity contribution in [2.24, 2.45) is 5.92 Å². The number of amides is 3. The summed E-state index contributed by atoms with van der Waals surface area (Å²) in [6, 6.07) is -0.523. The maximum atomic E-state index is 11.9. The summed E-state index contributed by atoms with van der Waals surface area (Å²) in [5.41, 5.74) is 0. The van der Waals surface area contributed by atoms with Crippen LogP contribution in [0.25, 0.3) is 0 Å². The van der Waals surface area contributed by atoms with E-state index in [0.29, 0.717) is 25.4 Å². The van der Waals surface area contributed by atoms with Crippen molar-refractivity contribution < 1.29 is 14.4 Å². The number of nitrogens with zero attached hydrogens (tertiary/aromatic N) is 1. The molecule has 6 heteroatoms. The van der Waals surface area contributed by atoms with Crippen molar-refractivity contribution in [2.45, 2.75) is 57.9 Å². The molecule has 2 fully saturated rings. The van der Waals surface area contributed by atoms with Gasteiger partial charge in [0.2, 0.25) is 17.7 Å². The molecule has 2 aliphatic rings. The fourth-order valence-electron chi connectivity index (χ4n) is 2.81. The second-order valence-electron chi connectivity index (χ2n) is 6.42. The van der Waals surface area contributed by atoms with Crippen molar-refractivity contribution in [3.05, 3.63) is 0 Å². The lowest BCUT2D eigenvalue weighted by Crippen LogP contribution is -2.47. The summed E-state index contributed by atoms with van der Waals surface area (Å²) in [6.45, 7) is 3.59. The van der Waals surface area contributed by atoms with E-state index in [4.69, 9.17) is 0 Å². The second-order valence-corrected chi connectivity index (χ2v) is 6.42. The average Bonchev–Trinajstić information content (AvgIpc) is 2.44. The zero-order valence-electron chi connectivity index (χ0n) is 13.4. The molecular weight excluding hydrogens is 282 g/mol. The van der Waals surface area contributed by atoms with Crippen molar-refractivity contribution in [3.63, 3.8) is 0 Å². The summed E-state index contributed by atoms with van der Waals surface area (Å²) in [5.74, 6) is 0.432. The lowest BCUT2D eigenvalue weighted by atomic mass is 9.85. The Morgan fingerprint density at radius 3 is 2.68 bits per heavy atom. The summed E-state index contributed by atoms with van der Waals surface area (Å²) >= 11 is 0. The summed E-state index contributed by atoms with van der Waals surface area (Å²) in [4.78, 5) is 37.2. The Kier molecular flexibility index (Phi) is 6.21. The number of carbonyl (C=O) groups excluding carboxylic acids is 3. The third kappa shape index (κ3) is 5.00. The van der Waals surface area contributed by atoms with E-state index in [2.05, 4.69) is 10.6 Å². The summed E-state index contributed by atoms with van der Waals surface area (Å²) < 4.78 is 0. The molecule has 1 saturated carbocycles. The van der Waals surface area contributed by atoms with Crippen molar-refractivity contribution in [1.82, 2.24) is 15.5 Å². The van der Waals surface area contributed by atoms with Gasteiger partial charge in [0.15, 0.2) is 0 Å². The van der Waals surface area contributed by atoms with Gasteiger partial charge in [0.1, 0.15) is 6.04 Å². The number of likely N-dealkylation sites (tertiary alicyclic amines) is 1. The van der Waals surface area contributed by atoms with Crippen LogP contribution in [0.3, 0.4) is 0 Å². The van der Waals surface area contributed by atoms with E-state index in [1.54, 1.807) is 11.8 Å². The highest BCUT2D eigenvalue weighted by atomic mass is 16.2. The molecule has 22 heavy (non-hydrogen) atoms. The number of carbonyl (C=O) groups is 3. The number of rotatable bonds is 7. The van der Waals surface area contributed by atoms with Gasteiger partial charge in [0.05, 0.1) is 0 Å². The molecule has 0 aromatic heterocycles. The van der Waals surface area contributed by atoms with Gasteiger partial charge in [0, 0.05) is 32.5 Å². The van der Waals surface area contributed by atoms with E-state index >= 15 is 0 Å². The molecule has 0 aromatic rings. The van der Waals surface area contributed by atoms with Gasteiger partial charge >= 0.3 is 0 Å². The lowest BCUT2D eigenvalue weighted by molar-refractivity contribution is -0.134. The fraction of sp³-hybridized carbons (Fsp3) is 0.812. The largest absolute Gasteiger partial charge is 0.354 e. The molecule has 0 bridgehead atoms. The van der Waals surface area contributed by atoms with Crippen LogP contribution in [0.5, 0.6) is 0 Å². The molecule has 2 rings (SSSR count). The molecule has 2 N–H and O–H groups in total. The molecule has 0 aromatic carbocycles. The SMILES string of the molecule is C[C@H](NC(=O)CCN1CCCCC1=O)C(=O)NCC1CCC1. The first-order valence-electron chi connectivity index (χ1n) is 8.41. The molecule has 6 nitrogen and oxygen atoms in total. The fourth-order valence-corrected chi connectivity index (χ4v) is 2.81.